The lowest BCUT2D eigenvalue weighted by molar-refractivity contribution is 0.231. The Labute approximate surface area is 163 Å². The van der Waals surface area contributed by atoms with Crippen LogP contribution in [-0.2, 0) is 19.5 Å². The van der Waals surface area contributed by atoms with E-state index in [0.717, 1.165) is 61.3 Å². The number of hydrogen-bond donors (Lipinski definition) is 0. The highest BCUT2D eigenvalue weighted by Crippen LogP contribution is 2.30. The van der Waals surface area contributed by atoms with Gasteiger partial charge in [-0.1, -0.05) is 6.07 Å². The van der Waals surface area contributed by atoms with E-state index in [2.05, 4.69) is 30.9 Å². The number of nitrogens with zero attached hydrogens (tertiary/aromatic N) is 6. The molecule has 0 bridgehead atoms. The Kier molecular flexibility index (Phi) is 4.66. The summed E-state index contributed by atoms with van der Waals surface area (Å²) < 4.78 is 5.96. The van der Waals surface area contributed by atoms with Gasteiger partial charge in [0.1, 0.15) is 6.33 Å². The fourth-order valence-corrected chi connectivity index (χ4v) is 3.46. The quantitative estimate of drug-likeness (QED) is 0.656. The first kappa shape index (κ1) is 17.2. The number of pyridine rings is 1. The molecule has 5 rings (SSSR count). The highest BCUT2D eigenvalue weighted by atomic mass is 16.5. The minimum absolute atomic E-state index is 0.691. The maximum absolute atomic E-state index is 5.96. The molecule has 0 aromatic carbocycles. The standard InChI is InChI=1S/C21H22N6O/c1-2-16(21(24-6-1)28-13-15-3-4-15)11-27-7-5-19-18(12-27)10-25-20(26-19)17-8-22-14-23-9-17/h1-2,6,8-10,14-15H,3-5,7,11-13H2. The molecular formula is C21H22N6O. The molecule has 1 saturated carbocycles. The molecule has 1 aliphatic carbocycles. The van der Waals surface area contributed by atoms with E-state index in [1.165, 1.54) is 24.7 Å². The summed E-state index contributed by atoms with van der Waals surface area (Å²) in [7, 11) is 0. The van der Waals surface area contributed by atoms with Crippen molar-refractivity contribution in [3.8, 4) is 17.3 Å². The second kappa shape index (κ2) is 7.59. The summed E-state index contributed by atoms with van der Waals surface area (Å²) in [6, 6.07) is 4.09. The van der Waals surface area contributed by atoms with Gasteiger partial charge in [0.05, 0.1) is 17.9 Å². The summed E-state index contributed by atoms with van der Waals surface area (Å²) >= 11 is 0. The molecule has 7 heteroatoms. The van der Waals surface area contributed by atoms with Crippen LogP contribution in [0.15, 0.2) is 43.2 Å². The fraction of sp³-hybridized carbons (Fsp3) is 0.381. The van der Waals surface area contributed by atoms with Gasteiger partial charge in [-0.3, -0.25) is 4.90 Å². The summed E-state index contributed by atoms with van der Waals surface area (Å²) in [6.45, 7) is 3.39. The van der Waals surface area contributed by atoms with E-state index in [0.29, 0.717) is 5.82 Å². The van der Waals surface area contributed by atoms with Gasteiger partial charge < -0.3 is 4.74 Å². The summed E-state index contributed by atoms with van der Waals surface area (Å²) in [6.07, 6.45) is 12.2. The van der Waals surface area contributed by atoms with E-state index < -0.39 is 0 Å². The Hall–Kier alpha value is -2.93. The Morgan fingerprint density at radius 1 is 1.11 bits per heavy atom. The molecule has 2 aliphatic rings. The maximum Gasteiger partial charge on any atom is 0.217 e. The second-order valence-corrected chi connectivity index (χ2v) is 7.48. The number of rotatable bonds is 6. The minimum Gasteiger partial charge on any atom is -0.477 e. The van der Waals surface area contributed by atoms with Gasteiger partial charge in [-0.25, -0.2) is 24.9 Å². The Balaban J connectivity index is 1.29. The number of fused-ring (bicyclic) bond motifs is 1. The molecule has 28 heavy (non-hydrogen) atoms. The molecule has 7 nitrogen and oxygen atoms in total. The van der Waals surface area contributed by atoms with Crippen molar-refractivity contribution in [2.75, 3.05) is 13.2 Å². The van der Waals surface area contributed by atoms with E-state index in [-0.39, 0.29) is 0 Å². The molecule has 1 fully saturated rings. The van der Waals surface area contributed by atoms with Gasteiger partial charge in [-0.2, -0.15) is 0 Å². The highest BCUT2D eigenvalue weighted by Gasteiger charge is 2.24. The van der Waals surface area contributed by atoms with Crippen molar-refractivity contribution in [2.24, 2.45) is 5.92 Å². The Morgan fingerprint density at radius 2 is 2.00 bits per heavy atom. The monoisotopic (exact) mass is 374 g/mol. The van der Waals surface area contributed by atoms with Crippen LogP contribution >= 0.6 is 0 Å². The average Bonchev–Trinajstić information content (AvgIpc) is 3.58. The molecule has 0 spiro atoms. The van der Waals surface area contributed by atoms with Crippen LogP contribution in [0.2, 0.25) is 0 Å². The Bertz CT molecular complexity index is 960. The van der Waals surface area contributed by atoms with E-state index in [1.807, 2.05) is 12.3 Å². The predicted octanol–water partition coefficient (Wildman–Crippen LogP) is 2.68. The second-order valence-electron chi connectivity index (χ2n) is 7.48. The third-order valence-corrected chi connectivity index (χ3v) is 5.23. The molecule has 4 heterocycles. The van der Waals surface area contributed by atoms with E-state index >= 15 is 0 Å². The van der Waals surface area contributed by atoms with Crippen molar-refractivity contribution >= 4 is 0 Å². The van der Waals surface area contributed by atoms with Gasteiger partial charge in [-0.15, -0.1) is 0 Å². The zero-order chi connectivity index (χ0) is 18.8. The third kappa shape index (κ3) is 3.84. The lowest BCUT2D eigenvalue weighted by Crippen LogP contribution is -2.31. The van der Waals surface area contributed by atoms with E-state index in [1.54, 1.807) is 18.6 Å². The molecular weight excluding hydrogens is 352 g/mol. The minimum atomic E-state index is 0.691. The van der Waals surface area contributed by atoms with Gasteiger partial charge in [-0.05, 0) is 24.8 Å². The first-order valence-corrected chi connectivity index (χ1v) is 9.74. The van der Waals surface area contributed by atoms with Crippen LogP contribution in [-0.4, -0.2) is 43.0 Å². The van der Waals surface area contributed by atoms with Gasteiger partial charge in [0.2, 0.25) is 5.88 Å². The molecule has 0 radical (unpaired) electrons. The van der Waals surface area contributed by atoms with Gasteiger partial charge in [0, 0.05) is 62.0 Å². The van der Waals surface area contributed by atoms with Crippen LogP contribution in [0, 0.1) is 5.92 Å². The lowest BCUT2D eigenvalue weighted by Gasteiger charge is -2.28. The van der Waals surface area contributed by atoms with Crippen molar-refractivity contribution < 1.29 is 4.74 Å². The summed E-state index contributed by atoms with van der Waals surface area (Å²) in [5.41, 5.74) is 4.28. The van der Waals surface area contributed by atoms with Crippen LogP contribution in [0.25, 0.3) is 11.4 Å². The van der Waals surface area contributed by atoms with Crippen molar-refractivity contribution in [1.82, 2.24) is 29.8 Å². The normalized spacial score (nSPS) is 16.6. The van der Waals surface area contributed by atoms with Gasteiger partial charge >= 0.3 is 0 Å². The van der Waals surface area contributed by atoms with Gasteiger partial charge in [0.15, 0.2) is 5.82 Å². The highest BCUT2D eigenvalue weighted by molar-refractivity contribution is 5.52. The molecule has 0 unspecified atom stereocenters. The number of ether oxygens (including phenoxy) is 1. The van der Waals surface area contributed by atoms with Crippen LogP contribution in [0.1, 0.15) is 29.7 Å². The topological polar surface area (TPSA) is 76.9 Å². The first-order chi connectivity index (χ1) is 13.8. The fourth-order valence-electron chi connectivity index (χ4n) is 3.46. The van der Waals surface area contributed by atoms with Crippen LogP contribution < -0.4 is 4.74 Å². The van der Waals surface area contributed by atoms with Gasteiger partial charge in [0.25, 0.3) is 0 Å². The van der Waals surface area contributed by atoms with Crippen LogP contribution in [0.5, 0.6) is 5.88 Å². The van der Waals surface area contributed by atoms with Crippen molar-refractivity contribution in [3.63, 3.8) is 0 Å². The summed E-state index contributed by atoms with van der Waals surface area (Å²) in [4.78, 5) is 24.2. The number of hydrogen-bond acceptors (Lipinski definition) is 7. The first-order valence-electron chi connectivity index (χ1n) is 9.74. The summed E-state index contributed by atoms with van der Waals surface area (Å²) in [5.74, 6) is 2.18. The molecule has 1 aliphatic heterocycles. The Morgan fingerprint density at radius 3 is 2.86 bits per heavy atom. The van der Waals surface area contributed by atoms with Crippen LogP contribution in [0.4, 0.5) is 0 Å². The smallest absolute Gasteiger partial charge is 0.217 e. The lowest BCUT2D eigenvalue weighted by atomic mass is 10.1. The third-order valence-electron chi connectivity index (χ3n) is 5.23. The molecule has 0 saturated heterocycles. The predicted molar refractivity (Wildman–Crippen MR) is 103 cm³/mol. The average molecular weight is 374 g/mol. The SMILES string of the molecule is c1cnc(OCC2CC2)c(CN2CCc3nc(-c4cncnc4)ncc3C2)c1. The largest absolute Gasteiger partial charge is 0.477 e. The molecule has 0 amide bonds. The van der Waals surface area contributed by atoms with Crippen molar-refractivity contribution in [3.05, 3.63) is 60.1 Å². The molecule has 3 aromatic heterocycles. The molecule has 3 aromatic rings. The maximum atomic E-state index is 5.96. The van der Waals surface area contributed by atoms with Crippen molar-refractivity contribution in [1.29, 1.82) is 0 Å². The molecule has 142 valence electrons. The molecule has 0 N–H and O–H groups in total. The molecule has 0 atom stereocenters. The van der Waals surface area contributed by atoms with E-state index in [9.17, 15) is 0 Å². The number of aromatic nitrogens is 5. The van der Waals surface area contributed by atoms with Crippen LogP contribution in [0.3, 0.4) is 0 Å². The zero-order valence-corrected chi connectivity index (χ0v) is 15.7. The zero-order valence-electron chi connectivity index (χ0n) is 15.7. The summed E-state index contributed by atoms with van der Waals surface area (Å²) in [5, 5.41) is 0. The van der Waals surface area contributed by atoms with E-state index in [4.69, 9.17) is 9.72 Å². The van der Waals surface area contributed by atoms with Crippen molar-refractivity contribution in [2.45, 2.75) is 32.4 Å².